The summed E-state index contributed by atoms with van der Waals surface area (Å²) < 4.78 is 6.24. The van der Waals surface area contributed by atoms with Crippen LogP contribution >= 0.6 is 0 Å². The van der Waals surface area contributed by atoms with Gasteiger partial charge in [0.15, 0.2) is 0 Å². The Bertz CT molecular complexity index is 399. The van der Waals surface area contributed by atoms with Crippen LogP contribution in [0.4, 0.5) is 0 Å². The monoisotopic (exact) mass is 217 g/mol. The maximum Gasteiger partial charge on any atom is 0.0988 e. The lowest BCUT2D eigenvalue weighted by Gasteiger charge is -2.45. The molecule has 1 aromatic carbocycles. The molecule has 0 radical (unpaired) electrons. The molecule has 0 bridgehead atoms. The molecule has 16 heavy (non-hydrogen) atoms. The third-order valence-electron chi connectivity index (χ3n) is 3.69. The number of hydrogen-bond acceptors (Lipinski definition) is 2. The Morgan fingerprint density at radius 2 is 2.12 bits per heavy atom. The topological polar surface area (TPSA) is 21.3 Å². The molecular weight excluding hydrogens is 198 g/mol. The van der Waals surface area contributed by atoms with Crippen molar-refractivity contribution >= 4 is 0 Å². The number of aryl methyl sites for hydroxylation is 1. The van der Waals surface area contributed by atoms with Gasteiger partial charge in [-0.2, -0.15) is 0 Å². The lowest BCUT2D eigenvalue weighted by atomic mass is 9.84. The average molecular weight is 217 g/mol. The molecule has 1 saturated heterocycles. The minimum Gasteiger partial charge on any atom is -0.365 e. The van der Waals surface area contributed by atoms with Crippen LogP contribution in [0, 0.1) is 0 Å². The van der Waals surface area contributed by atoms with Gasteiger partial charge in [0, 0.05) is 12.6 Å². The van der Waals surface area contributed by atoms with Crippen molar-refractivity contribution in [1.82, 2.24) is 5.32 Å². The van der Waals surface area contributed by atoms with E-state index in [1.54, 1.807) is 0 Å². The zero-order valence-corrected chi connectivity index (χ0v) is 9.99. The van der Waals surface area contributed by atoms with E-state index < -0.39 is 0 Å². The standard InChI is InChI=1S/C14H19NO/c1-14(2)9-15-12-8-7-10-5-3-4-6-11(10)13(12)16-14/h3-6,12-13,15H,7-9H2,1-2H3. The van der Waals surface area contributed by atoms with Crippen LogP contribution < -0.4 is 5.32 Å². The smallest absolute Gasteiger partial charge is 0.0988 e. The lowest BCUT2D eigenvalue weighted by Crippen LogP contribution is -2.54. The van der Waals surface area contributed by atoms with Gasteiger partial charge in [0.05, 0.1) is 11.7 Å². The fourth-order valence-electron chi connectivity index (χ4n) is 2.84. The normalized spacial score (nSPS) is 31.6. The summed E-state index contributed by atoms with van der Waals surface area (Å²) in [6, 6.07) is 9.20. The summed E-state index contributed by atoms with van der Waals surface area (Å²) >= 11 is 0. The van der Waals surface area contributed by atoms with Gasteiger partial charge >= 0.3 is 0 Å². The fourth-order valence-corrected chi connectivity index (χ4v) is 2.84. The molecule has 3 rings (SSSR count). The Balaban J connectivity index is 1.97. The van der Waals surface area contributed by atoms with Gasteiger partial charge in [-0.3, -0.25) is 0 Å². The van der Waals surface area contributed by atoms with Gasteiger partial charge in [0.25, 0.3) is 0 Å². The minimum absolute atomic E-state index is 0.0500. The second kappa shape index (κ2) is 3.57. The molecule has 0 amide bonds. The molecule has 1 aliphatic heterocycles. The highest BCUT2D eigenvalue weighted by atomic mass is 16.5. The second-order valence-electron chi connectivity index (χ2n) is 5.52. The molecule has 0 saturated carbocycles. The molecule has 1 N–H and O–H groups in total. The van der Waals surface area contributed by atoms with E-state index in [2.05, 4.69) is 43.4 Å². The number of rotatable bonds is 0. The van der Waals surface area contributed by atoms with Crippen molar-refractivity contribution in [1.29, 1.82) is 0 Å². The number of ether oxygens (including phenoxy) is 1. The fraction of sp³-hybridized carbons (Fsp3) is 0.571. The van der Waals surface area contributed by atoms with Gasteiger partial charge < -0.3 is 10.1 Å². The van der Waals surface area contributed by atoms with Gasteiger partial charge in [0.1, 0.15) is 0 Å². The van der Waals surface area contributed by atoms with Crippen LogP contribution in [-0.4, -0.2) is 18.2 Å². The SMILES string of the molecule is CC1(C)CNC2CCc3ccccc3C2O1. The maximum atomic E-state index is 6.24. The third-order valence-corrected chi connectivity index (χ3v) is 3.69. The predicted molar refractivity (Wildman–Crippen MR) is 64.5 cm³/mol. The van der Waals surface area contributed by atoms with Crippen molar-refractivity contribution < 1.29 is 4.74 Å². The maximum absolute atomic E-state index is 6.24. The summed E-state index contributed by atoms with van der Waals surface area (Å²) in [6.07, 6.45) is 2.61. The molecule has 2 aliphatic rings. The Morgan fingerprint density at radius 1 is 1.31 bits per heavy atom. The van der Waals surface area contributed by atoms with Gasteiger partial charge in [-0.05, 0) is 37.8 Å². The minimum atomic E-state index is -0.0500. The third kappa shape index (κ3) is 1.66. The molecule has 0 spiro atoms. The molecule has 1 heterocycles. The highest BCUT2D eigenvalue weighted by molar-refractivity contribution is 5.33. The van der Waals surface area contributed by atoms with Gasteiger partial charge in [-0.25, -0.2) is 0 Å². The highest BCUT2D eigenvalue weighted by Crippen LogP contribution is 2.38. The van der Waals surface area contributed by atoms with Gasteiger partial charge in [-0.1, -0.05) is 24.3 Å². The molecule has 2 atom stereocenters. The predicted octanol–water partition coefficient (Wildman–Crippen LogP) is 2.44. The molecule has 1 aliphatic carbocycles. The van der Waals surface area contributed by atoms with Gasteiger partial charge in [-0.15, -0.1) is 0 Å². The average Bonchev–Trinajstić information content (AvgIpc) is 2.28. The van der Waals surface area contributed by atoms with E-state index >= 15 is 0 Å². The summed E-state index contributed by atoms with van der Waals surface area (Å²) in [5, 5.41) is 3.63. The van der Waals surface area contributed by atoms with E-state index in [1.807, 2.05) is 0 Å². The Morgan fingerprint density at radius 3 is 3.00 bits per heavy atom. The van der Waals surface area contributed by atoms with Crippen molar-refractivity contribution in [3.8, 4) is 0 Å². The van der Waals surface area contributed by atoms with E-state index in [-0.39, 0.29) is 11.7 Å². The zero-order chi connectivity index (χ0) is 11.2. The lowest BCUT2D eigenvalue weighted by molar-refractivity contribution is -0.122. The van der Waals surface area contributed by atoms with E-state index in [1.165, 1.54) is 24.0 Å². The van der Waals surface area contributed by atoms with Crippen LogP contribution in [0.1, 0.15) is 37.5 Å². The Hall–Kier alpha value is -0.860. The van der Waals surface area contributed by atoms with Crippen molar-refractivity contribution in [2.45, 2.75) is 44.4 Å². The molecular formula is C14H19NO. The quantitative estimate of drug-likeness (QED) is 0.720. The first kappa shape index (κ1) is 10.3. The van der Waals surface area contributed by atoms with Crippen molar-refractivity contribution in [3.05, 3.63) is 35.4 Å². The van der Waals surface area contributed by atoms with E-state index in [0.29, 0.717) is 6.04 Å². The molecule has 0 aromatic heterocycles. The summed E-state index contributed by atoms with van der Waals surface area (Å²) in [6.45, 7) is 5.28. The zero-order valence-electron chi connectivity index (χ0n) is 9.99. The summed E-state index contributed by atoms with van der Waals surface area (Å²) in [4.78, 5) is 0. The van der Waals surface area contributed by atoms with Crippen LogP contribution in [0.25, 0.3) is 0 Å². The first-order valence-corrected chi connectivity index (χ1v) is 6.15. The number of fused-ring (bicyclic) bond motifs is 3. The van der Waals surface area contributed by atoms with Crippen LogP contribution in [0.3, 0.4) is 0 Å². The van der Waals surface area contributed by atoms with Crippen LogP contribution in [0.2, 0.25) is 0 Å². The summed E-state index contributed by atoms with van der Waals surface area (Å²) in [7, 11) is 0. The Labute approximate surface area is 97.0 Å². The van der Waals surface area contributed by atoms with E-state index in [4.69, 9.17) is 4.74 Å². The largest absolute Gasteiger partial charge is 0.365 e. The first-order chi connectivity index (χ1) is 7.66. The highest BCUT2D eigenvalue weighted by Gasteiger charge is 2.38. The molecule has 86 valence electrons. The van der Waals surface area contributed by atoms with Gasteiger partial charge in [0.2, 0.25) is 0 Å². The van der Waals surface area contributed by atoms with Crippen molar-refractivity contribution in [2.75, 3.05) is 6.54 Å². The molecule has 2 unspecified atom stereocenters. The number of nitrogens with one attached hydrogen (secondary N) is 1. The second-order valence-corrected chi connectivity index (χ2v) is 5.52. The molecule has 1 aromatic rings. The summed E-state index contributed by atoms with van der Waals surface area (Å²) in [5.74, 6) is 0. The van der Waals surface area contributed by atoms with E-state index in [0.717, 1.165) is 6.54 Å². The van der Waals surface area contributed by atoms with Crippen molar-refractivity contribution in [3.63, 3.8) is 0 Å². The van der Waals surface area contributed by atoms with Crippen LogP contribution in [-0.2, 0) is 11.2 Å². The van der Waals surface area contributed by atoms with Crippen LogP contribution in [0.5, 0.6) is 0 Å². The molecule has 1 fully saturated rings. The number of benzene rings is 1. The van der Waals surface area contributed by atoms with Crippen molar-refractivity contribution in [2.24, 2.45) is 0 Å². The molecule has 2 nitrogen and oxygen atoms in total. The Kier molecular flexibility index (Phi) is 2.30. The van der Waals surface area contributed by atoms with E-state index in [9.17, 15) is 0 Å². The first-order valence-electron chi connectivity index (χ1n) is 6.15. The molecule has 2 heteroatoms. The summed E-state index contributed by atoms with van der Waals surface area (Å²) in [5.41, 5.74) is 2.80. The number of morpholine rings is 1. The number of hydrogen-bond donors (Lipinski definition) is 1. The van der Waals surface area contributed by atoms with Crippen LogP contribution in [0.15, 0.2) is 24.3 Å².